The van der Waals surface area contributed by atoms with E-state index in [1.54, 1.807) is 0 Å². The molecule has 0 aliphatic rings. The summed E-state index contributed by atoms with van der Waals surface area (Å²) < 4.78 is 5.78. The molecule has 2 nitrogen and oxygen atoms in total. The molecule has 0 saturated carbocycles. The van der Waals surface area contributed by atoms with Gasteiger partial charge in [-0.05, 0) is 18.6 Å². The number of para-hydroxylation sites is 2. The Kier molecular flexibility index (Phi) is 11.2. The molecular weight excluding hydrogens is 318 g/mol. The lowest BCUT2D eigenvalue weighted by Gasteiger charge is -2.03. The van der Waals surface area contributed by atoms with Crippen LogP contribution in [0.5, 0.6) is 0 Å². The highest BCUT2D eigenvalue weighted by Crippen LogP contribution is 2.17. The van der Waals surface area contributed by atoms with Crippen LogP contribution in [0.25, 0.3) is 11.1 Å². The predicted molar refractivity (Wildman–Crippen MR) is 113 cm³/mol. The number of oxazole rings is 1. The van der Waals surface area contributed by atoms with E-state index in [0.29, 0.717) is 0 Å². The summed E-state index contributed by atoms with van der Waals surface area (Å²) in [6, 6.07) is 8.04. The molecule has 146 valence electrons. The lowest BCUT2D eigenvalue weighted by atomic mass is 10.0. The Morgan fingerprint density at radius 2 is 1.15 bits per heavy atom. The summed E-state index contributed by atoms with van der Waals surface area (Å²) in [5.74, 6) is 0.904. The third-order valence-electron chi connectivity index (χ3n) is 5.33. The zero-order valence-corrected chi connectivity index (χ0v) is 17.0. The minimum Gasteiger partial charge on any atom is -0.441 e. The van der Waals surface area contributed by atoms with Crippen LogP contribution in [-0.2, 0) is 6.42 Å². The quantitative estimate of drug-likeness (QED) is 0.283. The largest absolute Gasteiger partial charge is 0.441 e. The highest BCUT2D eigenvalue weighted by atomic mass is 16.3. The lowest BCUT2D eigenvalue weighted by molar-refractivity contribution is 0.499. The zero-order chi connectivity index (χ0) is 18.3. The third kappa shape index (κ3) is 8.87. The molecule has 26 heavy (non-hydrogen) atoms. The van der Waals surface area contributed by atoms with E-state index in [1.165, 1.54) is 96.3 Å². The van der Waals surface area contributed by atoms with Gasteiger partial charge in [0.05, 0.1) is 0 Å². The summed E-state index contributed by atoms with van der Waals surface area (Å²) >= 11 is 0. The summed E-state index contributed by atoms with van der Waals surface area (Å²) in [6.45, 7) is 2.29. The van der Waals surface area contributed by atoms with Gasteiger partial charge in [0.25, 0.3) is 0 Å². The van der Waals surface area contributed by atoms with E-state index in [9.17, 15) is 0 Å². The molecule has 1 aromatic heterocycles. The first kappa shape index (κ1) is 21.0. The molecule has 0 unspecified atom stereocenters. The number of benzene rings is 1. The first-order valence-electron chi connectivity index (χ1n) is 11.2. The van der Waals surface area contributed by atoms with Gasteiger partial charge in [-0.15, -0.1) is 0 Å². The maximum Gasteiger partial charge on any atom is 0.195 e. The summed E-state index contributed by atoms with van der Waals surface area (Å²) in [7, 11) is 0. The van der Waals surface area contributed by atoms with E-state index in [4.69, 9.17) is 4.42 Å². The molecule has 0 atom stereocenters. The van der Waals surface area contributed by atoms with Crippen molar-refractivity contribution in [1.82, 2.24) is 4.98 Å². The minimum absolute atomic E-state index is 0.904. The summed E-state index contributed by atoms with van der Waals surface area (Å²) in [5.41, 5.74) is 1.91. The molecule has 0 amide bonds. The molecule has 2 aromatic rings. The van der Waals surface area contributed by atoms with Crippen molar-refractivity contribution in [3.8, 4) is 0 Å². The molecule has 2 rings (SSSR count). The fraction of sp³-hybridized carbons (Fsp3) is 0.708. The molecule has 0 aliphatic heterocycles. The molecular formula is C24H39NO. The Hall–Kier alpha value is -1.31. The maximum absolute atomic E-state index is 5.78. The van der Waals surface area contributed by atoms with Gasteiger partial charge in [-0.25, -0.2) is 4.98 Å². The van der Waals surface area contributed by atoms with Gasteiger partial charge in [0.2, 0.25) is 0 Å². The Labute approximate surface area is 160 Å². The van der Waals surface area contributed by atoms with Crippen molar-refractivity contribution >= 4 is 11.1 Å². The minimum atomic E-state index is 0.904. The molecule has 0 fully saturated rings. The molecule has 0 bridgehead atoms. The van der Waals surface area contributed by atoms with Crippen molar-refractivity contribution in [3.05, 3.63) is 30.2 Å². The van der Waals surface area contributed by atoms with Crippen molar-refractivity contribution in [3.63, 3.8) is 0 Å². The fourth-order valence-electron chi connectivity index (χ4n) is 3.67. The number of hydrogen-bond donors (Lipinski definition) is 0. The van der Waals surface area contributed by atoms with Crippen LogP contribution in [0, 0.1) is 0 Å². The van der Waals surface area contributed by atoms with Crippen LogP contribution in [0.1, 0.15) is 109 Å². The number of rotatable bonds is 16. The summed E-state index contributed by atoms with van der Waals surface area (Å²) in [6.07, 6.45) is 22.0. The molecule has 1 aromatic carbocycles. The van der Waals surface area contributed by atoms with Crippen molar-refractivity contribution in [2.45, 2.75) is 110 Å². The molecule has 2 heteroatoms. The first-order chi connectivity index (χ1) is 12.9. The highest BCUT2D eigenvalue weighted by Gasteiger charge is 2.04. The van der Waals surface area contributed by atoms with Crippen molar-refractivity contribution in [1.29, 1.82) is 0 Å². The van der Waals surface area contributed by atoms with Crippen molar-refractivity contribution in [2.75, 3.05) is 0 Å². The van der Waals surface area contributed by atoms with Gasteiger partial charge in [0.15, 0.2) is 11.5 Å². The predicted octanol–water partition coefficient (Wildman–Crippen LogP) is 8.24. The van der Waals surface area contributed by atoms with Crippen LogP contribution >= 0.6 is 0 Å². The zero-order valence-electron chi connectivity index (χ0n) is 17.0. The second kappa shape index (κ2) is 13.8. The van der Waals surface area contributed by atoms with Crippen molar-refractivity contribution < 1.29 is 4.42 Å². The smallest absolute Gasteiger partial charge is 0.195 e. The van der Waals surface area contributed by atoms with E-state index in [-0.39, 0.29) is 0 Å². The van der Waals surface area contributed by atoms with Crippen LogP contribution < -0.4 is 0 Å². The number of nitrogens with zero attached hydrogens (tertiary/aromatic N) is 1. The van der Waals surface area contributed by atoms with Crippen LogP contribution in [-0.4, -0.2) is 4.98 Å². The van der Waals surface area contributed by atoms with Crippen LogP contribution in [0.15, 0.2) is 28.7 Å². The normalized spacial score (nSPS) is 11.4. The lowest BCUT2D eigenvalue weighted by Crippen LogP contribution is -1.86. The number of aromatic nitrogens is 1. The molecule has 0 N–H and O–H groups in total. The van der Waals surface area contributed by atoms with Crippen LogP contribution in [0.4, 0.5) is 0 Å². The van der Waals surface area contributed by atoms with Gasteiger partial charge in [-0.3, -0.25) is 0 Å². The average molecular weight is 358 g/mol. The first-order valence-corrected chi connectivity index (χ1v) is 11.2. The Morgan fingerprint density at radius 3 is 1.69 bits per heavy atom. The maximum atomic E-state index is 5.78. The van der Waals surface area contributed by atoms with E-state index in [1.807, 2.05) is 24.3 Å². The second-order valence-corrected chi connectivity index (χ2v) is 7.78. The molecule has 0 aliphatic carbocycles. The van der Waals surface area contributed by atoms with Gasteiger partial charge < -0.3 is 4.42 Å². The fourth-order valence-corrected chi connectivity index (χ4v) is 3.67. The Balaban J connectivity index is 1.34. The van der Waals surface area contributed by atoms with E-state index in [0.717, 1.165) is 23.4 Å². The second-order valence-electron chi connectivity index (χ2n) is 7.78. The van der Waals surface area contributed by atoms with E-state index >= 15 is 0 Å². The molecule has 0 spiro atoms. The van der Waals surface area contributed by atoms with Crippen LogP contribution in [0.3, 0.4) is 0 Å². The van der Waals surface area contributed by atoms with Gasteiger partial charge >= 0.3 is 0 Å². The van der Waals surface area contributed by atoms with Gasteiger partial charge in [-0.1, -0.05) is 109 Å². The van der Waals surface area contributed by atoms with Crippen LogP contribution in [0.2, 0.25) is 0 Å². The van der Waals surface area contributed by atoms with E-state index < -0.39 is 0 Å². The standard InChI is InChI=1S/C24H39NO/c1-2-3-4-5-6-7-8-9-10-11-12-13-14-15-16-21-24-25-22-19-17-18-20-23(22)26-24/h17-20H,2-16,21H2,1H3. The molecule has 0 saturated heterocycles. The average Bonchev–Trinajstić information content (AvgIpc) is 3.07. The SMILES string of the molecule is CCCCCCCCCCCCCCCCCc1nc2ccccc2o1. The van der Waals surface area contributed by atoms with Crippen molar-refractivity contribution in [2.24, 2.45) is 0 Å². The Bertz CT molecular complexity index is 541. The van der Waals surface area contributed by atoms with E-state index in [2.05, 4.69) is 11.9 Å². The van der Waals surface area contributed by atoms with Gasteiger partial charge in [-0.2, -0.15) is 0 Å². The summed E-state index contributed by atoms with van der Waals surface area (Å²) in [5, 5.41) is 0. The molecule has 1 heterocycles. The number of fused-ring (bicyclic) bond motifs is 1. The van der Waals surface area contributed by atoms with Gasteiger partial charge in [0, 0.05) is 6.42 Å². The number of aryl methyl sites for hydroxylation is 1. The monoisotopic (exact) mass is 357 g/mol. The number of hydrogen-bond acceptors (Lipinski definition) is 2. The summed E-state index contributed by atoms with van der Waals surface area (Å²) in [4.78, 5) is 4.55. The third-order valence-corrected chi connectivity index (χ3v) is 5.33. The van der Waals surface area contributed by atoms with Gasteiger partial charge in [0.1, 0.15) is 5.52 Å². The Morgan fingerprint density at radius 1 is 0.654 bits per heavy atom. The number of unbranched alkanes of at least 4 members (excludes halogenated alkanes) is 14. The topological polar surface area (TPSA) is 26.0 Å². The molecule has 0 radical (unpaired) electrons. The highest BCUT2D eigenvalue weighted by molar-refractivity contribution is 5.72.